The zero-order valence-corrected chi connectivity index (χ0v) is 29.6. The quantitative estimate of drug-likeness (QED) is 0.191. The largest absolute Gasteiger partial charge is 0.453 e. The maximum atomic E-state index is 13.6. The summed E-state index contributed by atoms with van der Waals surface area (Å²) in [7, 11) is 4.33. The number of imidazole rings is 2. The molecule has 4 aromatic heterocycles. The lowest BCUT2D eigenvalue weighted by molar-refractivity contribution is -0.137. The van der Waals surface area contributed by atoms with E-state index in [4.69, 9.17) is 24.2 Å². The molecule has 6 rings (SSSR count). The van der Waals surface area contributed by atoms with E-state index in [1.165, 1.54) is 36.9 Å². The highest BCUT2D eigenvalue weighted by atomic mass is 32.1. The molecule has 0 saturated carbocycles. The van der Waals surface area contributed by atoms with Crippen LogP contribution in [0.3, 0.4) is 0 Å². The molecule has 0 spiro atoms. The number of aromatic amines is 2. The number of H-pyrrole nitrogens is 2. The molecule has 17 heteroatoms. The van der Waals surface area contributed by atoms with Gasteiger partial charge >= 0.3 is 6.09 Å². The lowest BCUT2D eigenvalue weighted by atomic mass is 10.1. The molecule has 2 saturated heterocycles. The van der Waals surface area contributed by atoms with Crippen LogP contribution in [0.1, 0.15) is 63.3 Å². The second kappa shape index (κ2) is 15.1. The number of amides is 3. The van der Waals surface area contributed by atoms with Crippen molar-refractivity contribution in [1.82, 2.24) is 45.0 Å². The minimum atomic E-state index is -0.900. The minimum Gasteiger partial charge on any atom is -0.453 e. The molecule has 3 N–H and O–H groups in total. The van der Waals surface area contributed by atoms with E-state index < -0.39 is 18.2 Å². The van der Waals surface area contributed by atoms with E-state index in [1.807, 2.05) is 24.2 Å². The average molecular weight is 711 g/mol. The predicted octanol–water partition coefficient (Wildman–Crippen LogP) is 4.37. The summed E-state index contributed by atoms with van der Waals surface area (Å²) in [5.41, 5.74) is 1.48. The molecule has 15 nitrogen and oxygen atoms in total. The third-order valence-corrected chi connectivity index (χ3v) is 11.1. The molecule has 4 aromatic rings. The lowest BCUT2D eigenvalue weighted by Gasteiger charge is -2.30. The third kappa shape index (κ3) is 7.39. The summed E-state index contributed by atoms with van der Waals surface area (Å²) in [6.45, 7) is 4.79. The van der Waals surface area contributed by atoms with Gasteiger partial charge in [-0.2, -0.15) is 0 Å². The number of thiazole rings is 2. The van der Waals surface area contributed by atoms with Gasteiger partial charge in [-0.25, -0.2) is 24.7 Å². The molecule has 6 heterocycles. The number of methoxy groups -OCH3 is 3. The fourth-order valence-electron chi connectivity index (χ4n) is 6.12. The van der Waals surface area contributed by atoms with Crippen LogP contribution in [0.5, 0.6) is 0 Å². The van der Waals surface area contributed by atoms with Crippen LogP contribution in [0.15, 0.2) is 24.8 Å². The molecule has 2 aliphatic heterocycles. The summed E-state index contributed by atoms with van der Waals surface area (Å²) >= 11 is 2.97. The number of hydrogen-bond acceptors (Lipinski definition) is 12. The Labute approximate surface area is 291 Å². The Morgan fingerprint density at radius 3 is 1.96 bits per heavy atom. The van der Waals surface area contributed by atoms with Crippen molar-refractivity contribution < 1.29 is 28.6 Å². The van der Waals surface area contributed by atoms with Gasteiger partial charge in [0.2, 0.25) is 11.8 Å². The molecular weight excluding hydrogens is 671 g/mol. The normalized spacial score (nSPS) is 19.6. The topological polar surface area (TPSA) is 181 Å². The number of alkyl carbamates (subject to hydrolysis) is 1. The second-order valence-corrected chi connectivity index (χ2v) is 14.0. The molecule has 2 aliphatic rings. The first kappa shape index (κ1) is 34.7. The number of carbonyl (C=O) groups is 3. The number of hydrogen-bond donors (Lipinski definition) is 3. The Balaban J connectivity index is 1.13. The lowest BCUT2D eigenvalue weighted by Crippen LogP contribution is -2.54. The summed E-state index contributed by atoms with van der Waals surface area (Å²) in [6, 6.07) is -1.29. The summed E-state index contributed by atoms with van der Waals surface area (Å²) in [6.07, 6.45) is 10.6. The number of nitrogens with zero attached hydrogens (tertiary/aromatic N) is 6. The van der Waals surface area contributed by atoms with Gasteiger partial charge in [-0.1, -0.05) is 0 Å². The fourth-order valence-corrected chi connectivity index (χ4v) is 7.91. The van der Waals surface area contributed by atoms with Crippen LogP contribution in [-0.4, -0.2) is 110 Å². The fraction of sp³-hybridized carbons (Fsp3) is 0.500. The standard InChI is InChI=1S/C32H40N9O6S2/c1-17(45-3)12-25(42)40-10-6-8-21(40)27-33-13-19(37-27)23-15-35-29(48-23)30-36-16-24(49-30)20-14-34-28(38-20)22-9-7-11-41(22)31(43)26(18(2)46-4)39-32(44)47-5/h12-18,21-22,26H,6-11H2,1-5H3,(H,33,37)(H,34,38)(H,39,44)/t17-,18-,21+,22+,26+/m1/s1. The van der Waals surface area contributed by atoms with Gasteiger partial charge in [0.05, 0.1) is 47.6 Å². The highest BCUT2D eigenvalue weighted by Crippen LogP contribution is 2.39. The van der Waals surface area contributed by atoms with E-state index in [-0.39, 0.29) is 30.0 Å². The van der Waals surface area contributed by atoms with Crippen LogP contribution in [0, 0.1) is 6.42 Å². The van der Waals surface area contributed by atoms with Crippen molar-refractivity contribution in [2.75, 3.05) is 34.4 Å². The monoisotopic (exact) mass is 710 g/mol. The molecule has 2 fully saturated rings. The van der Waals surface area contributed by atoms with Gasteiger partial charge in [0, 0.05) is 52.1 Å². The molecule has 261 valence electrons. The van der Waals surface area contributed by atoms with Gasteiger partial charge in [-0.15, -0.1) is 22.7 Å². The Hall–Kier alpha value is -4.19. The number of likely N-dealkylation sites (tertiary alicyclic amines) is 2. The van der Waals surface area contributed by atoms with Crippen LogP contribution in [0.25, 0.3) is 31.2 Å². The van der Waals surface area contributed by atoms with E-state index in [0.29, 0.717) is 24.6 Å². The Morgan fingerprint density at radius 1 is 0.878 bits per heavy atom. The molecular formula is C32H40N9O6S2. The summed E-state index contributed by atoms with van der Waals surface area (Å²) < 4.78 is 15.3. The van der Waals surface area contributed by atoms with Gasteiger partial charge in [-0.3, -0.25) is 9.59 Å². The van der Waals surface area contributed by atoms with Crippen LogP contribution >= 0.6 is 22.7 Å². The zero-order valence-electron chi connectivity index (χ0n) is 28.0. The van der Waals surface area contributed by atoms with Crippen molar-refractivity contribution in [3.05, 3.63) is 42.9 Å². The van der Waals surface area contributed by atoms with Crippen LogP contribution < -0.4 is 5.32 Å². The zero-order chi connectivity index (χ0) is 34.7. The molecule has 49 heavy (non-hydrogen) atoms. The predicted molar refractivity (Wildman–Crippen MR) is 182 cm³/mol. The molecule has 0 unspecified atom stereocenters. The third-order valence-electron chi connectivity index (χ3n) is 8.91. The number of carbonyl (C=O) groups excluding carboxylic acids is 3. The second-order valence-electron chi connectivity index (χ2n) is 11.9. The number of ether oxygens (including phenoxy) is 3. The van der Waals surface area contributed by atoms with Gasteiger partial charge in [0.1, 0.15) is 29.1 Å². The first-order valence-electron chi connectivity index (χ1n) is 16.1. The highest BCUT2D eigenvalue weighted by Gasteiger charge is 2.39. The number of nitrogens with one attached hydrogen (secondary N) is 3. The van der Waals surface area contributed by atoms with E-state index in [2.05, 4.69) is 25.3 Å². The molecule has 0 aliphatic carbocycles. The molecule has 0 aromatic carbocycles. The Morgan fingerprint density at radius 2 is 1.43 bits per heavy atom. The van der Waals surface area contributed by atoms with Gasteiger partial charge < -0.3 is 39.3 Å². The molecule has 0 bridgehead atoms. The van der Waals surface area contributed by atoms with E-state index >= 15 is 0 Å². The first-order valence-corrected chi connectivity index (χ1v) is 17.7. The molecule has 5 atom stereocenters. The summed E-state index contributed by atoms with van der Waals surface area (Å²) in [4.78, 5) is 69.2. The van der Waals surface area contributed by atoms with Crippen LogP contribution in [-0.2, 0) is 23.8 Å². The van der Waals surface area contributed by atoms with E-state index in [9.17, 15) is 14.4 Å². The number of aromatic nitrogens is 6. The van der Waals surface area contributed by atoms with Gasteiger partial charge in [0.25, 0.3) is 0 Å². The highest BCUT2D eigenvalue weighted by molar-refractivity contribution is 7.24. The van der Waals surface area contributed by atoms with Crippen molar-refractivity contribution in [2.24, 2.45) is 0 Å². The first-order chi connectivity index (χ1) is 23.7. The van der Waals surface area contributed by atoms with Gasteiger partial charge in [0.15, 0.2) is 10.0 Å². The van der Waals surface area contributed by atoms with E-state index in [0.717, 1.165) is 57.0 Å². The Kier molecular flexibility index (Phi) is 10.7. The van der Waals surface area contributed by atoms with E-state index in [1.54, 1.807) is 37.7 Å². The molecule has 3 amide bonds. The van der Waals surface area contributed by atoms with Gasteiger partial charge in [-0.05, 0) is 39.5 Å². The van der Waals surface area contributed by atoms with Crippen LogP contribution in [0.2, 0.25) is 0 Å². The van der Waals surface area contributed by atoms with Crippen LogP contribution in [0.4, 0.5) is 4.79 Å². The van der Waals surface area contributed by atoms with Crippen molar-refractivity contribution in [2.45, 2.75) is 69.9 Å². The summed E-state index contributed by atoms with van der Waals surface area (Å²) in [5.74, 6) is 1.11. The minimum absolute atomic E-state index is 0.0502. The van der Waals surface area contributed by atoms with Crippen molar-refractivity contribution in [3.63, 3.8) is 0 Å². The summed E-state index contributed by atoms with van der Waals surface area (Å²) in [5, 5.41) is 4.13. The van der Waals surface area contributed by atoms with Crippen molar-refractivity contribution in [1.29, 1.82) is 0 Å². The molecule has 1 radical (unpaired) electrons. The Bertz CT molecular complexity index is 1770. The average Bonchev–Trinajstić information content (AvgIpc) is 3.95. The maximum absolute atomic E-state index is 13.6. The smallest absolute Gasteiger partial charge is 0.407 e. The van der Waals surface area contributed by atoms with Crippen molar-refractivity contribution in [3.8, 4) is 31.2 Å². The number of rotatable bonds is 12. The maximum Gasteiger partial charge on any atom is 0.407 e. The SMILES string of the molecule is COC(=O)N[C@H](C(=O)N1CCC[C@H]1c1nc(-c2cnc(-c3ncc(-c4c[nH]c([C@@H]5CCCN5C(=O)[CH][C@@H](C)OC)n4)s3)s2)c[nH]1)[C@@H](C)OC. The van der Waals surface area contributed by atoms with Crippen molar-refractivity contribution >= 4 is 40.6 Å².